The van der Waals surface area contributed by atoms with Gasteiger partial charge < -0.3 is 9.73 Å². The molecule has 0 saturated carbocycles. The van der Waals surface area contributed by atoms with E-state index >= 15 is 0 Å². The molecule has 0 bridgehead atoms. The van der Waals surface area contributed by atoms with Crippen molar-refractivity contribution in [2.45, 2.75) is 53.0 Å². The van der Waals surface area contributed by atoms with Crippen LogP contribution in [0.15, 0.2) is 4.42 Å². The highest BCUT2D eigenvalue weighted by atomic mass is 16.4. The molecule has 1 aliphatic rings. The summed E-state index contributed by atoms with van der Waals surface area (Å²) in [6, 6.07) is 0. The zero-order valence-electron chi connectivity index (χ0n) is 12.2. The maximum atomic E-state index is 12.2. The Morgan fingerprint density at radius 2 is 1.89 bits per heavy atom. The lowest BCUT2D eigenvalue weighted by atomic mass is 9.76. The second-order valence-electron chi connectivity index (χ2n) is 7.08. The van der Waals surface area contributed by atoms with Gasteiger partial charge in [-0.1, -0.05) is 13.8 Å². The molecule has 104 valence electrons. The Balaban J connectivity index is 2.51. The first kappa shape index (κ1) is 13.8. The van der Waals surface area contributed by atoms with Crippen LogP contribution in [0.5, 0.6) is 0 Å². The van der Waals surface area contributed by atoms with Crippen molar-refractivity contribution in [2.24, 2.45) is 5.41 Å². The summed E-state index contributed by atoms with van der Waals surface area (Å²) in [4.78, 5) is 23.5. The fraction of sp³-hybridized carbons (Fsp3) is 0.600. The Kier molecular flexibility index (Phi) is 3.07. The van der Waals surface area contributed by atoms with Crippen LogP contribution >= 0.6 is 0 Å². The molecule has 4 nitrogen and oxygen atoms in total. The summed E-state index contributed by atoms with van der Waals surface area (Å²) in [5, 5.41) is 3.16. The van der Waals surface area contributed by atoms with Crippen molar-refractivity contribution in [3.8, 4) is 0 Å². The molecule has 1 heterocycles. The van der Waals surface area contributed by atoms with E-state index in [9.17, 15) is 9.59 Å². The van der Waals surface area contributed by atoms with E-state index in [4.69, 9.17) is 4.42 Å². The third-order valence-electron chi connectivity index (χ3n) is 3.18. The van der Waals surface area contributed by atoms with Gasteiger partial charge in [0.05, 0.1) is 11.1 Å². The maximum absolute atomic E-state index is 12.2. The highest BCUT2D eigenvalue weighted by Gasteiger charge is 2.37. The standard InChI is InChI=1S/C15H21NO3/c1-14(2,3)16-13-9(8-17)12-10(18)6-15(4,5)7-11(12)19-13/h8,16H,6-7H2,1-5H3. The average molecular weight is 263 g/mol. The molecule has 0 unspecified atom stereocenters. The summed E-state index contributed by atoms with van der Waals surface area (Å²) in [7, 11) is 0. The summed E-state index contributed by atoms with van der Waals surface area (Å²) < 4.78 is 5.75. The first-order valence-electron chi connectivity index (χ1n) is 6.55. The smallest absolute Gasteiger partial charge is 0.204 e. The fourth-order valence-electron chi connectivity index (χ4n) is 2.49. The number of hydrogen-bond acceptors (Lipinski definition) is 4. The second-order valence-corrected chi connectivity index (χ2v) is 7.08. The zero-order valence-corrected chi connectivity index (χ0v) is 12.2. The van der Waals surface area contributed by atoms with Gasteiger partial charge in [0.25, 0.3) is 0 Å². The van der Waals surface area contributed by atoms with Crippen LogP contribution in [0.3, 0.4) is 0 Å². The van der Waals surface area contributed by atoms with Crippen LogP contribution in [-0.2, 0) is 6.42 Å². The number of carbonyl (C=O) groups is 2. The maximum Gasteiger partial charge on any atom is 0.204 e. The molecule has 0 radical (unpaired) electrons. The van der Waals surface area contributed by atoms with E-state index in [2.05, 4.69) is 5.32 Å². The third-order valence-corrected chi connectivity index (χ3v) is 3.18. The molecule has 0 fully saturated rings. The predicted octanol–water partition coefficient (Wildman–Crippen LogP) is 3.46. The minimum absolute atomic E-state index is 0.000871. The molecular weight excluding hydrogens is 242 g/mol. The lowest BCUT2D eigenvalue weighted by Crippen LogP contribution is -2.27. The number of anilines is 1. The van der Waals surface area contributed by atoms with Crippen LogP contribution in [0.25, 0.3) is 0 Å². The van der Waals surface area contributed by atoms with Crippen LogP contribution in [0.2, 0.25) is 0 Å². The van der Waals surface area contributed by atoms with Gasteiger partial charge in [-0.3, -0.25) is 9.59 Å². The van der Waals surface area contributed by atoms with Crippen molar-refractivity contribution >= 4 is 18.0 Å². The molecule has 0 amide bonds. The SMILES string of the molecule is CC1(C)CC(=O)c2c(oc(NC(C)(C)C)c2C=O)C1. The van der Waals surface area contributed by atoms with Gasteiger partial charge in [-0.15, -0.1) is 0 Å². The van der Waals surface area contributed by atoms with E-state index in [1.54, 1.807) is 0 Å². The molecule has 0 saturated heterocycles. The number of nitrogens with one attached hydrogen (secondary N) is 1. The van der Waals surface area contributed by atoms with Gasteiger partial charge in [-0.2, -0.15) is 0 Å². The van der Waals surface area contributed by atoms with Crippen molar-refractivity contribution < 1.29 is 14.0 Å². The van der Waals surface area contributed by atoms with Crippen LogP contribution in [0.4, 0.5) is 5.88 Å². The van der Waals surface area contributed by atoms with Gasteiger partial charge in [-0.25, -0.2) is 0 Å². The monoisotopic (exact) mass is 263 g/mol. The van der Waals surface area contributed by atoms with Crippen molar-refractivity contribution in [1.29, 1.82) is 0 Å². The van der Waals surface area contributed by atoms with E-state index in [1.165, 1.54) is 0 Å². The lowest BCUT2D eigenvalue weighted by Gasteiger charge is -2.27. The van der Waals surface area contributed by atoms with Crippen molar-refractivity contribution in [3.05, 3.63) is 16.9 Å². The molecule has 1 aliphatic carbocycles. The molecule has 0 aromatic carbocycles. The molecule has 0 atom stereocenters. The highest BCUT2D eigenvalue weighted by Crippen LogP contribution is 2.40. The Labute approximate surface area is 113 Å². The van der Waals surface area contributed by atoms with Crippen LogP contribution in [0.1, 0.15) is 67.5 Å². The largest absolute Gasteiger partial charge is 0.444 e. The fourth-order valence-corrected chi connectivity index (χ4v) is 2.49. The third kappa shape index (κ3) is 2.72. The van der Waals surface area contributed by atoms with Crippen LogP contribution in [0, 0.1) is 5.41 Å². The first-order valence-corrected chi connectivity index (χ1v) is 6.55. The molecule has 1 aromatic heterocycles. The van der Waals surface area contributed by atoms with Crippen molar-refractivity contribution in [3.63, 3.8) is 0 Å². The van der Waals surface area contributed by atoms with Crippen molar-refractivity contribution in [1.82, 2.24) is 0 Å². The normalized spacial score (nSPS) is 18.1. The molecule has 1 aromatic rings. The summed E-state index contributed by atoms with van der Waals surface area (Å²) in [6.07, 6.45) is 1.85. The quantitative estimate of drug-likeness (QED) is 0.830. The second kappa shape index (κ2) is 4.22. The Morgan fingerprint density at radius 3 is 2.42 bits per heavy atom. The predicted molar refractivity (Wildman–Crippen MR) is 73.9 cm³/mol. The zero-order chi connectivity index (χ0) is 14.4. The van der Waals surface area contributed by atoms with E-state index in [1.807, 2.05) is 34.6 Å². The first-order chi connectivity index (χ1) is 8.63. The van der Waals surface area contributed by atoms with Gasteiger partial charge >= 0.3 is 0 Å². The number of furan rings is 1. The van der Waals surface area contributed by atoms with Crippen molar-refractivity contribution in [2.75, 3.05) is 5.32 Å². The highest BCUT2D eigenvalue weighted by molar-refractivity contribution is 6.07. The molecule has 0 spiro atoms. The van der Waals surface area contributed by atoms with Gasteiger partial charge in [0, 0.05) is 18.4 Å². The van der Waals surface area contributed by atoms with Gasteiger partial charge in [0.2, 0.25) is 5.88 Å². The summed E-state index contributed by atoms with van der Waals surface area (Å²) >= 11 is 0. The number of Topliss-reactive ketones (excluding diaryl/α,β-unsaturated/α-hetero) is 1. The molecule has 1 N–H and O–H groups in total. The number of aldehydes is 1. The molecule has 0 aliphatic heterocycles. The number of hydrogen-bond donors (Lipinski definition) is 1. The van der Waals surface area contributed by atoms with E-state index in [-0.39, 0.29) is 16.7 Å². The minimum Gasteiger partial charge on any atom is -0.444 e. The lowest BCUT2D eigenvalue weighted by molar-refractivity contribution is 0.0900. The van der Waals surface area contributed by atoms with E-state index < -0.39 is 0 Å². The Hall–Kier alpha value is -1.58. The molecule has 4 heteroatoms. The Bertz CT molecular complexity index is 532. The number of rotatable bonds is 2. The van der Waals surface area contributed by atoms with Crippen LogP contribution in [-0.4, -0.2) is 17.6 Å². The number of fused-ring (bicyclic) bond motifs is 1. The van der Waals surface area contributed by atoms with E-state index in [0.29, 0.717) is 41.9 Å². The number of carbonyl (C=O) groups excluding carboxylic acids is 2. The number of ketones is 1. The van der Waals surface area contributed by atoms with Crippen LogP contribution < -0.4 is 5.32 Å². The van der Waals surface area contributed by atoms with Gasteiger partial charge in [0.1, 0.15) is 5.76 Å². The average Bonchev–Trinajstić information content (AvgIpc) is 2.50. The molecular formula is C15H21NO3. The molecule has 19 heavy (non-hydrogen) atoms. The van der Waals surface area contributed by atoms with Gasteiger partial charge in [-0.05, 0) is 26.2 Å². The summed E-state index contributed by atoms with van der Waals surface area (Å²) in [5.41, 5.74) is 0.504. The summed E-state index contributed by atoms with van der Waals surface area (Å²) in [6.45, 7) is 10.0. The summed E-state index contributed by atoms with van der Waals surface area (Å²) in [5.74, 6) is 1.05. The minimum atomic E-state index is -0.225. The topological polar surface area (TPSA) is 59.3 Å². The Morgan fingerprint density at radius 1 is 1.26 bits per heavy atom. The van der Waals surface area contributed by atoms with E-state index in [0.717, 1.165) is 0 Å². The van der Waals surface area contributed by atoms with Gasteiger partial charge in [0.15, 0.2) is 12.1 Å². The molecule has 2 rings (SSSR count).